The molecule has 1 fully saturated rings. The van der Waals surface area contributed by atoms with Crippen LogP contribution in [0.2, 0.25) is 0 Å². The van der Waals surface area contributed by atoms with E-state index in [0.717, 1.165) is 42.9 Å². The number of tetrazole rings is 1. The summed E-state index contributed by atoms with van der Waals surface area (Å²) in [6.07, 6.45) is 3.25. The Bertz CT molecular complexity index is 700. The second-order valence-electron chi connectivity index (χ2n) is 6.19. The van der Waals surface area contributed by atoms with Gasteiger partial charge in [-0.3, -0.25) is 4.79 Å². The van der Waals surface area contributed by atoms with Crippen LogP contribution in [0.15, 0.2) is 24.3 Å². The zero-order valence-corrected chi connectivity index (χ0v) is 14.2. The summed E-state index contributed by atoms with van der Waals surface area (Å²) < 4.78 is 6.93. The second kappa shape index (κ2) is 7.42. The molecule has 1 amide bonds. The van der Waals surface area contributed by atoms with Crippen molar-refractivity contribution in [3.05, 3.63) is 35.7 Å². The average Bonchev–Trinajstić information content (AvgIpc) is 3.06. The predicted octanol–water partition coefficient (Wildman–Crippen LogP) is 1.56. The van der Waals surface area contributed by atoms with Gasteiger partial charge in [0.05, 0.1) is 7.11 Å². The minimum Gasteiger partial charge on any atom is -0.497 e. The van der Waals surface area contributed by atoms with Gasteiger partial charge in [-0.05, 0) is 47.4 Å². The number of piperidine rings is 1. The van der Waals surface area contributed by atoms with E-state index >= 15 is 0 Å². The first-order chi connectivity index (χ1) is 11.7. The third-order valence-electron chi connectivity index (χ3n) is 4.55. The quantitative estimate of drug-likeness (QED) is 0.832. The zero-order chi connectivity index (χ0) is 16.9. The van der Waals surface area contributed by atoms with Crippen LogP contribution >= 0.6 is 0 Å². The topological polar surface area (TPSA) is 73.1 Å². The van der Waals surface area contributed by atoms with Crippen LogP contribution in [0.1, 0.15) is 36.6 Å². The summed E-state index contributed by atoms with van der Waals surface area (Å²) in [7, 11) is 3.50. The molecule has 0 spiro atoms. The summed E-state index contributed by atoms with van der Waals surface area (Å²) in [6, 6.07) is 7.88. The lowest BCUT2D eigenvalue weighted by molar-refractivity contribution is -0.132. The molecule has 2 aromatic rings. The van der Waals surface area contributed by atoms with Gasteiger partial charge in [-0.2, -0.15) is 0 Å². The van der Waals surface area contributed by atoms with E-state index in [2.05, 4.69) is 15.5 Å². The molecule has 0 aliphatic carbocycles. The van der Waals surface area contributed by atoms with Gasteiger partial charge < -0.3 is 9.64 Å². The molecule has 3 rings (SSSR count). The highest BCUT2D eigenvalue weighted by Gasteiger charge is 2.27. The summed E-state index contributed by atoms with van der Waals surface area (Å²) in [5.74, 6) is 2.10. The minimum absolute atomic E-state index is 0.192. The van der Waals surface area contributed by atoms with Crippen LogP contribution in [0.3, 0.4) is 0 Å². The first-order valence-corrected chi connectivity index (χ1v) is 8.30. The number of benzene rings is 1. The van der Waals surface area contributed by atoms with E-state index in [-0.39, 0.29) is 11.8 Å². The summed E-state index contributed by atoms with van der Waals surface area (Å²) in [5.41, 5.74) is 1.12. The number of carbonyl (C=O) groups is 1. The van der Waals surface area contributed by atoms with Gasteiger partial charge in [0, 0.05) is 32.5 Å². The third kappa shape index (κ3) is 3.72. The molecular weight excluding hydrogens is 306 g/mol. The highest BCUT2D eigenvalue weighted by molar-refractivity contribution is 5.76. The van der Waals surface area contributed by atoms with E-state index < -0.39 is 0 Å². The molecule has 0 bridgehead atoms. The summed E-state index contributed by atoms with van der Waals surface area (Å²) >= 11 is 0. The smallest absolute Gasteiger partial charge is 0.222 e. The molecule has 128 valence electrons. The molecule has 1 atom stereocenters. The zero-order valence-electron chi connectivity index (χ0n) is 14.2. The standard InChI is InChI=1S/C17H23N5O2/c1-21-17(18-19-20-21)14-6-4-10-22(12-14)16(23)9-8-13-5-3-7-15(11-13)24-2/h3,5,7,11,14H,4,6,8-10,12H2,1-2H3. The van der Waals surface area contributed by atoms with Crippen molar-refractivity contribution in [1.29, 1.82) is 0 Å². The van der Waals surface area contributed by atoms with Crippen LogP contribution in [0.4, 0.5) is 0 Å². The van der Waals surface area contributed by atoms with Gasteiger partial charge in [-0.1, -0.05) is 12.1 Å². The molecule has 2 heterocycles. The minimum atomic E-state index is 0.192. The maximum absolute atomic E-state index is 12.6. The Kier molecular flexibility index (Phi) is 5.08. The normalized spacial score (nSPS) is 17.8. The molecule has 1 aliphatic rings. The fraction of sp³-hybridized carbons (Fsp3) is 0.529. The highest BCUT2D eigenvalue weighted by atomic mass is 16.5. The van der Waals surface area contributed by atoms with E-state index in [0.29, 0.717) is 13.0 Å². The largest absolute Gasteiger partial charge is 0.497 e. The van der Waals surface area contributed by atoms with Crippen LogP contribution in [-0.2, 0) is 18.3 Å². The van der Waals surface area contributed by atoms with E-state index in [1.165, 1.54) is 0 Å². The molecule has 1 unspecified atom stereocenters. The Balaban J connectivity index is 1.57. The van der Waals surface area contributed by atoms with Gasteiger partial charge in [-0.25, -0.2) is 4.68 Å². The lowest BCUT2D eigenvalue weighted by Gasteiger charge is -2.32. The number of amides is 1. The Labute approximate surface area is 141 Å². The fourth-order valence-electron chi connectivity index (χ4n) is 3.23. The van der Waals surface area contributed by atoms with Crippen molar-refractivity contribution in [2.24, 2.45) is 7.05 Å². The van der Waals surface area contributed by atoms with E-state index in [9.17, 15) is 4.79 Å². The van der Waals surface area contributed by atoms with Crippen molar-refractivity contribution < 1.29 is 9.53 Å². The number of hydrogen-bond donors (Lipinski definition) is 0. The third-order valence-corrected chi connectivity index (χ3v) is 4.55. The molecule has 1 aliphatic heterocycles. The lowest BCUT2D eigenvalue weighted by Crippen LogP contribution is -2.39. The second-order valence-corrected chi connectivity index (χ2v) is 6.19. The number of likely N-dealkylation sites (tertiary alicyclic amines) is 1. The van der Waals surface area contributed by atoms with Crippen LogP contribution in [0.25, 0.3) is 0 Å². The molecule has 7 heteroatoms. The van der Waals surface area contributed by atoms with Gasteiger partial charge in [0.1, 0.15) is 5.75 Å². The molecule has 1 aromatic carbocycles. The van der Waals surface area contributed by atoms with Crippen LogP contribution in [-0.4, -0.2) is 51.2 Å². The maximum Gasteiger partial charge on any atom is 0.222 e. The molecule has 0 radical (unpaired) electrons. The molecule has 1 aromatic heterocycles. The van der Waals surface area contributed by atoms with Gasteiger partial charge in [0.2, 0.25) is 5.91 Å². The van der Waals surface area contributed by atoms with Crippen molar-refractivity contribution in [2.45, 2.75) is 31.6 Å². The highest BCUT2D eigenvalue weighted by Crippen LogP contribution is 2.25. The number of hydrogen-bond acceptors (Lipinski definition) is 5. The molecule has 1 saturated heterocycles. The molecular formula is C17H23N5O2. The van der Waals surface area contributed by atoms with E-state index in [4.69, 9.17) is 4.74 Å². The monoisotopic (exact) mass is 329 g/mol. The van der Waals surface area contributed by atoms with E-state index in [1.54, 1.807) is 11.8 Å². The molecule has 0 N–H and O–H groups in total. The number of ether oxygens (including phenoxy) is 1. The molecule has 24 heavy (non-hydrogen) atoms. The van der Waals surface area contributed by atoms with Crippen LogP contribution in [0.5, 0.6) is 5.75 Å². The Hall–Kier alpha value is -2.44. The van der Waals surface area contributed by atoms with Crippen LogP contribution < -0.4 is 4.74 Å². The summed E-state index contributed by atoms with van der Waals surface area (Å²) in [4.78, 5) is 14.5. The maximum atomic E-state index is 12.6. The Morgan fingerprint density at radius 3 is 3.04 bits per heavy atom. The number of aryl methyl sites for hydroxylation is 2. The van der Waals surface area contributed by atoms with Gasteiger partial charge in [-0.15, -0.1) is 5.10 Å². The number of aromatic nitrogens is 4. The van der Waals surface area contributed by atoms with Crippen molar-refractivity contribution in [3.8, 4) is 5.75 Å². The number of rotatable bonds is 5. The lowest BCUT2D eigenvalue weighted by atomic mass is 9.96. The van der Waals surface area contributed by atoms with Gasteiger partial charge >= 0.3 is 0 Å². The Morgan fingerprint density at radius 2 is 2.29 bits per heavy atom. The fourth-order valence-corrected chi connectivity index (χ4v) is 3.23. The average molecular weight is 329 g/mol. The van der Waals surface area contributed by atoms with Crippen molar-refractivity contribution in [3.63, 3.8) is 0 Å². The number of methoxy groups -OCH3 is 1. The van der Waals surface area contributed by atoms with Gasteiger partial charge in [0.15, 0.2) is 5.82 Å². The van der Waals surface area contributed by atoms with Crippen molar-refractivity contribution in [2.75, 3.05) is 20.2 Å². The predicted molar refractivity (Wildman–Crippen MR) is 88.7 cm³/mol. The van der Waals surface area contributed by atoms with Crippen LogP contribution in [0, 0.1) is 0 Å². The first-order valence-electron chi connectivity index (χ1n) is 8.30. The van der Waals surface area contributed by atoms with Gasteiger partial charge in [0.25, 0.3) is 0 Å². The van der Waals surface area contributed by atoms with Crippen molar-refractivity contribution >= 4 is 5.91 Å². The first kappa shape index (κ1) is 16.4. The molecule has 7 nitrogen and oxygen atoms in total. The van der Waals surface area contributed by atoms with E-state index in [1.807, 2.05) is 36.2 Å². The summed E-state index contributed by atoms with van der Waals surface area (Å²) in [5, 5.41) is 11.7. The van der Waals surface area contributed by atoms with Crippen molar-refractivity contribution in [1.82, 2.24) is 25.1 Å². The number of nitrogens with zero attached hydrogens (tertiary/aromatic N) is 5. The Morgan fingerprint density at radius 1 is 1.42 bits per heavy atom. The SMILES string of the molecule is COc1cccc(CCC(=O)N2CCCC(c3nnnn3C)C2)c1. The molecule has 0 saturated carbocycles. The summed E-state index contributed by atoms with van der Waals surface area (Å²) in [6.45, 7) is 1.52. The number of carbonyl (C=O) groups excluding carboxylic acids is 1.